The molecule has 0 atom stereocenters. The summed E-state index contributed by atoms with van der Waals surface area (Å²) < 4.78 is 17.7. The van der Waals surface area contributed by atoms with Gasteiger partial charge in [-0.2, -0.15) is 0 Å². The summed E-state index contributed by atoms with van der Waals surface area (Å²) in [6.45, 7) is 8.40. The second-order valence-electron chi connectivity index (χ2n) is 8.39. The maximum absolute atomic E-state index is 12.2. The van der Waals surface area contributed by atoms with Gasteiger partial charge in [0, 0.05) is 12.2 Å². The Labute approximate surface area is 178 Å². The minimum Gasteiger partial charge on any atom is -0.445 e. The van der Waals surface area contributed by atoms with Crippen LogP contribution in [0, 0.1) is 0 Å². The van der Waals surface area contributed by atoms with Gasteiger partial charge in [0.05, 0.1) is 11.2 Å². The van der Waals surface area contributed by atoms with Crippen molar-refractivity contribution in [2.45, 2.75) is 45.5 Å². The molecule has 158 valence electrons. The Hall–Kier alpha value is -2.77. The third-order valence-electron chi connectivity index (χ3n) is 5.47. The molecule has 30 heavy (non-hydrogen) atoms. The number of nitrogens with one attached hydrogen (secondary N) is 1. The van der Waals surface area contributed by atoms with Crippen molar-refractivity contribution in [1.82, 2.24) is 5.32 Å². The standard InChI is InChI=1S/C23H29BN2O4/c1-22(2)23(3,4)30-24(29-22)19(13-18-11-8-12-20(25)14-18)15-26-21(27)28-16-17-9-6-5-7-10-17/h5-14H,15-16,25H2,1-4H3,(H,26,27). The molecule has 0 spiro atoms. The molecule has 1 aliphatic heterocycles. The van der Waals surface area contributed by atoms with Crippen LogP contribution in [0.1, 0.15) is 38.8 Å². The fourth-order valence-corrected chi connectivity index (χ4v) is 3.01. The van der Waals surface area contributed by atoms with Gasteiger partial charge in [0.2, 0.25) is 0 Å². The van der Waals surface area contributed by atoms with Gasteiger partial charge in [0.1, 0.15) is 6.61 Å². The number of rotatable bonds is 6. The Morgan fingerprint density at radius 2 is 1.73 bits per heavy atom. The average Bonchev–Trinajstić information content (AvgIpc) is 2.91. The molecule has 1 saturated heterocycles. The van der Waals surface area contributed by atoms with E-state index in [4.69, 9.17) is 19.8 Å². The second-order valence-corrected chi connectivity index (χ2v) is 8.39. The van der Waals surface area contributed by atoms with Gasteiger partial charge in [-0.15, -0.1) is 0 Å². The first-order valence-corrected chi connectivity index (χ1v) is 10.0. The Balaban J connectivity index is 1.71. The third kappa shape index (κ3) is 5.43. The number of hydrogen-bond acceptors (Lipinski definition) is 5. The molecule has 3 rings (SSSR count). The summed E-state index contributed by atoms with van der Waals surface area (Å²) in [5.74, 6) is 0. The van der Waals surface area contributed by atoms with Crippen molar-refractivity contribution in [2.24, 2.45) is 0 Å². The molecular weight excluding hydrogens is 379 g/mol. The smallest absolute Gasteiger partial charge is 0.445 e. The first-order valence-electron chi connectivity index (χ1n) is 10.0. The molecule has 3 N–H and O–H groups in total. The number of ether oxygens (including phenoxy) is 1. The van der Waals surface area contributed by atoms with Gasteiger partial charge in [-0.3, -0.25) is 0 Å². The first kappa shape index (κ1) is 21.9. The van der Waals surface area contributed by atoms with Gasteiger partial charge in [0.25, 0.3) is 0 Å². The molecule has 2 aromatic carbocycles. The summed E-state index contributed by atoms with van der Waals surface area (Å²) in [6.07, 6.45) is 1.42. The minimum absolute atomic E-state index is 0.206. The Morgan fingerprint density at radius 1 is 1.07 bits per heavy atom. The van der Waals surface area contributed by atoms with Crippen molar-refractivity contribution in [2.75, 3.05) is 12.3 Å². The molecule has 0 aromatic heterocycles. The normalized spacial score (nSPS) is 17.6. The monoisotopic (exact) mass is 408 g/mol. The number of hydrogen-bond donors (Lipinski definition) is 2. The van der Waals surface area contributed by atoms with Crippen LogP contribution in [0.2, 0.25) is 0 Å². The zero-order chi connectivity index (χ0) is 21.8. The van der Waals surface area contributed by atoms with E-state index in [0.29, 0.717) is 5.69 Å². The summed E-state index contributed by atoms with van der Waals surface area (Å²) in [4.78, 5) is 12.2. The highest BCUT2D eigenvalue weighted by Gasteiger charge is 2.52. The van der Waals surface area contributed by atoms with Crippen molar-refractivity contribution in [3.05, 3.63) is 71.2 Å². The molecule has 1 heterocycles. The molecular formula is C23H29BN2O4. The molecule has 6 nitrogen and oxygen atoms in total. The van der Waals surface area contributed by atoms with Crippen LogP contribution in [-0.2, 0) is 20.7 Å². The number of amides is 1. The van der Waals surface area contributed by atoms with E-state index in [0.717, 1.165) is 16.6 Å². The molecule has 7 heteroatoms. The quantitative estimate of drug-likeness (QED) is 0.553. The molecule has 2 aromatic rings. The lowest BCUT2D eigenvalue weighted by atomic mass is 9.77. The first-order chi connectivity index (χ1) is 14.2. The molecule has 0 bridgehead atoms. The zero-order valence-electron chi connectivity index (χ0n) is 18.0. The Morgan fingerprint density at radius 3 is 2.37 bits per heavy atom. The minimum atomic E-state index is -0.592. The van der Waals surface area contributed by atoms with Crippen LogP contribution in [0.15, 0.2) is 60.1 Å². The number of nitrogen functional groups attached to an aromatic ring is 1. The Kier molecular flexibility index (Phi) is 6.53. The summed E-state index contributed by atoms with van der Waals surface area (Å²) >= 11 is 0. The van der Waals surface area contributed by atoms with E-state index in [1.807, 2.05) is 88.4 Å². The van der Waals surface area contributed by atoms with Crippen LogP contribution in [0.5, 0.6) is 0 Å². The number of carbonyl (C=O) groups excluding carboxylic acids is 1. The molecule has 0 unspecified atom stereocenters. The van der Waals surface area contributed by atoms with Gasteiger partial charge >= 0.3 is 13.2 Å². The second kappa shape index (κ2) is 8.94. The lowest BCUT2D eigenvalue weighted by Gasteiger charge is -2.32. The van der Waals surface area contributed by atoms with Gasteiger partial charge in [-0.25, -0.2) is 4.79 Å². The molecule has 1 amide bonds. The van der Waals surface area contributed by atoms with E-state index in [2.05, 4.69) is 5.32 Å². The summed E-state index contributed by atoms with van der Waals surface area (Å²) in [7, 11) is -0.592. The molecule has 0 aliphatic carbocycles. The molecule has 1 fully saturated rings. The van der Waals surface area contributed by atoms with Gasteiger partial charge in [0.15, 0.2) is 0 Å². The van der Waals surface area contributed by atoms with E-state index < -0.39 is 24.4 Å². The maximum Gasteiger partial charge on any atom is 0.492 e. The largest absolute Gasteiger partial charge is 0.492 e. The predicted octanol–water partition coefficient (Wildman–Crippen LogP) is 4.21. The van der Waals surface area contributed by atoms with Crippen LogP contribution >= 0.6 is 0 Å². The van der Waals surface area contributed by atoms with Crippen molar-refractivity contribution < 1.29 is 18.8 Å². The Bertz CT molecular complexity index is 896. The fraction of sp³-hybridized carbons (Fsp3) is 0.348. The number of anilines is 1. The topological polar surface area (TPSA) is 82.8 Å². The van der Waals surface area contributed by atoms with Crippen LogP contribution in [0.3, 0.4) is 0 Å². The average molecular weight is 408 g/mol. The highest BCUT2D eigenvalue weighted by molar-refractivity contribution is 6.56. The van der Waals surface area contributed by atoms with E-state index in [1.165, 1.54) is 0 Å². The summed E-state index contributed by atoms with van der Waals surface area (Å²) in [6, 6.07) is 17.0. The van der Waals surface area contributed by atoms with E-state index >= 15 is 0 Å². The van der Waals surface area contributed by atoms with Gasteiger partial charge in [-0.05, 0) is 56.4 Å². The van der Waals surface area contributed by atoms with E-state index in [1.54, 1.807) is 0 Å². The van der Waals surface area contributed by atoms with E-state index in [9.17, 15) is 4.79 Å². The maximum atomic E-state index is 12.2. The highest BCUT2D eigenvalue weighted by Crippen LogP contribution is 2.38. The fourth-order valence-electron chi connectivity index (χ4n) is 3.01. The highest BCUT2D eigenvalue weighted by atomic mass is 16.7. The number of benzene rings is 2. The third-order valence-corrected chi connectivity index (χ3v) is 5.47. The SMILES string of the molecule is CC1(C)OB(C(=Cc2cccc(N)c2)CNC(=O)OCc2ccccc2)OC1(C)C. The van der Waals surface area contributed by atoms with E-state index in [-0.39, 0.29) is 13.2 Å². The summed E-state index contributed by atoms with van der Waals surface area (Å²) in [5.41, 5.74) is 8.20. The summed E-state index contributed by atoms with van der Waals surface area (Å²) in [5, 5.41) is 2.80. The molecule has 0 radical (unpaired) electrons. The zero-order valence-corrected chi connectivity index (χ0v) is 18.0. The van der Waals surface area contributed by atoms with Gasteiger partial charge < -0.3 is 25.1 Å². The van der Waals surface area contributed by atoms with Crippen LogP contribution in [-0.4, -0.2) is 31.0 Å². The predicted molar refractivity (Wildman–Crippen MR) is 120 cm³/mol. The number of alkyl carbamates (subject to hydrolysis) is 1. The van der Waals surface area contributed by atoms with Crippen molar-refractivity contribution >= 4 is 25.0 Å². The van der Waals surface area contributed by atoms with Crippen molar-refractivity contribution in [3.8, 4) is 0 Å². The van der Waals surface area contributed by atoms with Crippen LogP contribution in [0.25, 0.3) is 6.08 Å². The van der Waals surface area contributed by atoms with Gasteiger partial charge in [-0.1, -0.05) is 48.5 Å². The molecule has 0 saturated carbocycles. The lowest BCUT2D eigenvalue weighted by Crippen LogP contribution is -2.41. The lowest BCUT2D eigenvalue weighted by molar-refractivity contribution is 0.00578. The van der Waals surface area contributed by atoms with Crippen molar-refractivity contribution in [3.63, 3.8) is 0 Å². The van der Waals surface area contributed by atoms with Crippen molar-refractivity contribution in [1.29, 1.82) is 0 Å². The van der Waals surface area contributed by atoms with Crippen LogP contribution < -0.4 is 11.1 Å². The molecule has 1 aliphatic rings. The van der Waals surface area contributed by atoms with Crippen LogP contribution in [0.4, 0.5) is 10.5 Å². The number of carbonyl (C=O) groups is 1. The number of nitrogens with two attached hydrogens (primary N) is 1.